The van der Waals surface area contributed by atoms with Crippen LogP contribution in [0.3, 0.4) is 0 Å². The van der Waals surface area contributed by atoms with Crippen LogP contribution in [0.15, 0.2) is 89.9 Å². The molecule has 0 radical (unpaired) electrons. The van der Waals surface area contributed by atoms with Crippen LogP contribution in [0.2, 0.25) is 0 Å². The quantitative estimate of drug-likeness (QED) is 0.418. The van der Waals surface area contributed by atoms with Gasteiger partial charge in [0.1, 0.15) is 0 Å². The zero-order valence-electron chi connectivity index (χ0n) is 15.4. The number of allylic oxidation sites excluding steroid dienone is 5. The molecule has 0 spiro atoms. The Morgan fingerprint density at radius 1 is 0.793 bits per heavy atom. The monoisotopic (exact) mass is 382 g/mol. The summed E-state index contributed by atoms with van der Waals surface area (Å²) >= 11 is 0. The molecule has 142 valence electrons. The molecule has 0 fully saturated rings. The van der Waals surface area contributed by atoms with Gasteiger partial charge >= 0.3 is 0 Å². The minimum absolute atomic E-state index is 0.0850. The lowest BCUT2D eigenvalue weighted by Gasteiger charge is -1.92. The van der Waals surface area contributed by atoms with Crippen LogP contribution in [0.25, 0.3) is 12.2 Å². The predicted molar refractivity (Wildman–Crippen MR) is 114 cm³/mol. The summed E-state index contributed by atoms with van der Waals surface area (Å²) in [6.45, 7) is 0. The summed E-state index contributed by atoms with van der Waals surface area (Å²) in [7, 11) is 0. The van der Waals surface area contributed by atoms with Gasteiger partial charge in [0.15, 0.2) is 0 Å². The lowest BCUT2D eigenvalue weighted by atomic mass is 10.2. The number of aliphatic imine (C=N–C) groups is 1. The van der Waals surface area contributed by atoms with E-state index in [0.29, 0.717) is 17.1 Å². The third-order valence-electron chi connectivity index (χ3n) is 4.26. The first-order chi connectivity index (χ1) is 14.2. The van der Waals surface area contributed by atoms with Gasteiger partial charge in [0.05, 0.1) is 22.8 Å². The molecule has 0 bridgehead atoms. The highest BCUT2D eigenvalue weighted by molar-refractivity contribution is 6.12. The average molecular weight is 382 g/mol. The third-order valence-corrected chi connectivity index (χ3v) is 4.26. The minimum Gasteiger partial charge on any atom is -0.359 e. The van der Waals surface area contributed by atoms with Crippen molar-refractivity contribution in [2.45, 2.75) is 0 Å². The maximum Gasteiger partial charge on any atom is 0.202 e. The maximum absolute atomic E-state index is 12.0. The van der Waals surface area contributed by atoms with Crippen molar-refractivity contribution in [2.24, 2.45) is 4.99 Å². The van der Waals surface area contributed by atoms with Crippen LogP contribution < -0.4 is 0 Å². The number of nitrogens with zero attached hydrogens (tertiary/aromatic N) is 1. The van der Waals surface area contributed by atoms with E-state index in [1.165, 1.54) is 12.2 Å². The summed E-state index contributed by atoms with van der Waals surface area (Å²) in [6, 6.07) is 10.8. The molecular weight excluding hydrogens is 364 g/mol. The van der Waals surface area contributed by atoms with Crippen LogP contribution in [0, 0.1) is 0 Å². The molecule has 29 heavy (non-hydrogen) atoms. The Balaban J connectivity index is 1.40. The molecule has 3 aromatic heterocycles. The number of aromatic nitrogens is 3. The molecule has 0 atom stereocenters. The van der Waals surface area contributed by atoms with E-state index in [0.717, 1.165) is 17.1 Å². The lowest BCUT2D eigenvalue weighted by Crippen LogP contribution is -1.95. The van der Waals surface area contributed by atoms with Gasteiger partial charge in [0.25, 0.3) is 0 Å². The SMILES string of the molecule is O=C(/C=C/C1=NC(=C\c2ccc(/C=C/C(=O)c3ccc[nH]3)[nH]2)/C=C1)c1ccc[nH]1. The molecule has 4 rings (SSSR count). The largest absolute Gasteiger partial charge is 0.359 e. The Kier molecular flexibility index (Phi) is 5.16. The molecule has 0 unspecified atom stereocenters. The molecule has 0 aromatic carbocycles. The van der Waals surface area contributed by atoms with Gasteiger partial charge in [-0.15, -0.1) is 0 Å². The maximum atomic E-state index is 12.0. The second kappa shape index (κ2) is 8.22. The molecule has 3 N–H and O–H groups in total. The van der Waals surface area contributed by atoms with Crippen molar-refractivity contribution < 1.29 is 9.59 Å². The highest BCUT2D eigenvalue weighted by Crippen LogP contribution is 2.15. The number of carbonyl (C=O) groups excluding carboxylic acids is 2. The smallest absolute Gasteiger partial charge is 0.202 e. The summed E-state index contributed by atoms with van der Waals surface area (Å²) in [6.07, 6.45) is 15.5. The fourth-order valence-corrected chi connectivity index (χ4v) is 2.81. The Morgan fingerprint density at radius 3 is 2.10 bits per heavy atom. The van der Waals surface area contributed by atoms with E-state index in [1.54, 1.807) is 48.8 Å². The molecule has 4 heterocycles. The van der Waals surface area contributed by atoms with Crippen molar-refractivity contribution >= 4 is 29.4 Å². The van der Waals surface area contributed by atoms with E-state index in [2.05, 4.69) is 19.9 Å². The first-order valence-electron chi connectivity index (χ1n) is 9.06. The van der Waals surface area contributed by atoms with Crippen LogP contribution in [0.4, 0.5) is 0 Å². The highest BCUT2D eigenvalue weighted by Gasteiger charge is 2.05. The molecule has 0 saturated carbocycles. The predicted octanol–water partition coefficient (Wildman–Crippen LogP) is 4.36. The lowest BCUT2D eigenvalue weighted by molar-refractivity contribution is 0.103. The number of carbonyl (C=O) groups is 2. The zero-order chi connectivity index (χ0) is 20.1. The standard InChI is InChI=1S/C23H18N4O2/c28-22(20-3-1-13-24-20)11-9-16-5-7-18(26-16)15-19-8-6-17(27-19)10-12-23(29)21-4-2-14-25-21/h1-15,24-26H/b11-9+,12-10+,19-15-. The fraction of sp³-hybridized carbons (Fsp3) is 0. The number of rotatable bonds is 7. The molecule has 1 aliphatic heterocycles. The first-order valence-corrected chi connectivity index (χ1v) is 9.06. The van der Waals surface area contributed by atoms with Crippen molar-refractivity contribution in [3.63, 3.8) is 0 Å². The number of H-pyrrole nitrogens is 3. The van der Waals surface area contributed by atoms with Gasteiger partial charge < -0.3 is 15.0 Å². The second-order valence-corrected chi connectivity index (χ2v) is 6.37. The summed E-state index contributed by atoms with van der Waals surface area (Å²) in [5.41, 5.74) is 4.26. The molecular formula is C23H18N4O2. The van der Waals surface area contributed by atoms with Gasteiger partial charge in [0.2, 0.25) is 11.6 Å². The number of ketones is 2. The van der Waals surface area contributed by atoms with Crippen molar-refractivity contribution in [1.29, 1.82) is 0 Å². The molecule has 6 nitrogen and oxygen atoms in total. The molecule has 0 amide bonds. The van der Waals surface area contributed by atoms with Crippen molar-refractivity contribution in [3.8, 4) is 0 Å². The first kappa shape index (κ1) is 18.2. The van der Waals surface area contributed by atoms with Crippen LogP contribution >= 0.6 is 0 Å². The number of hydrogen-bond acceptors (Lipinski definition) is 3. The topological polar surface area (TPSA) is 93.9 Å². The Hall–Kier alpha value is -4.19. The second-order valence-electron chi connectivity index (χ2n) is 6.37. The van der Waals surface area contributed by atoms with Gasteiger partial charge in [-0.3, -0.25) is 9.59 Å². The number of aromatic amines is 3. The Bertz CT molecular complexity index is 1170. The van der Waals surface area contributed by atoms with Gasteiger partial charge in [0, 0.05) is 23.8 Å². The van der Waals surface area contributed by atoms with Crippen molar-refractivity contribution in [2.75, 3.05) is 0 Å². The fourth-order valence-electron chi connectivity index (χ4n) is 2.81. The average Bonchev–Trinajstić information content (AvgIpc) is 3.53. The highest BCUT2D eigenvalue weighted by atomic mass is 16.1. The van der Waals surface area contributed by atoms with E-state index in [1.807, 2.05) is 30.4 Å². The van der Waals surface area contributed by atoms with Gasteiger partial charge in [-0.2, -0.15) is 0 Å². The summed E-state index contributed by atoms with van der Waals surface area (Å²) < 4.78 is 0. The van der Waals surface area contributed by atoms with E-state index in [4.69, 9.17) is 0 Å². The van der Waals surface area contributed by atoms with Crippen molar-refractivity contribution in [1.82, 2.24) is 15.0 Å². The van der Waals surface area contributed by atoms with Crippen LogP contribution in [0.5, 0.6) is 0 Å². The van der Waals surface area contributed by atoms with Gasteiger partial charge in [-0.25, -0.2) is 4.99 Å². The summed E-state index contributed by atoms with van der Waals surface area (Å²) in [5.74, 6) is -0.184. The summed E-state index contributed by atoms with van der Waals surface area (Å²) in [5, 5.41) is 0. The number of nitrogens with one attached hydrogen (secondary N) is 3. The Morgan fingerprint density at radius 2 is 1.45 bits per heavy atom. The normalized spacial score (nSPS) is 15.0. The molecule has 6 heteroatoms. The van der Waals surface area contributed by atoms with Gasteiger partial charge in [-0.05, 0) is 78.9 Å². The van der Waals surface area contributed by atoms with Crippen LogP contribution in [-0.4, -0.2) is 32.2 Å². The van der Waals surface area contributed by atoms with E-state index >= 15 is 0 Å². The third kappa shape index (κ3) is 4.56. The van der Waals surface area contributed by atoms with Crippen LogP contribution in [-0.2, 0) is 0 Å². The molecule has 3 aromatic rings. The van der Waals surface area contributed by atoms with E-state index in [-0.39, 0.29) is 11.6 Å². The summed E-state index contributed by atoms with van der Waals surface area (Å²) in [4.78, 5) is 37.4. The van der Waals surface area contributed by atoms with E-state index < -0.39 is 0 Å². The Labute approximate surface area is 167 Å². The molecule has 1 aliphatic rings. The number of hydrogen-bond donors (Lipinski definition) is 3. The van der Waals surface area contributed by atoms with Crippen molar-refractivity contribution in [3.05, 3.63) is 108 Å². The minimum atomic E-state index is -0.0989. The van der Waals surface area contributed by atoms with E-state index in [9.17, 15) is 9.59 Å². The zero-order valence-corrected chi connectivity index (χ0v) is 15.4. The van der Waals surface area contributed by atoms with Crippen LogP contribution in [0.1, 0.15) is 32.4 Å². The molecule has 0 saturated heterocycles. The molecule has 0 aliphatic carbocycles. The van der Waals surface area contributed by atoms with Gasteiger partial charge in [-0.1, -0.05) is 0 Å².